The molecule has 0 saturated heterocycles. The molecule has 0 spiro atoms. The SMILES string of the molecule is CC(C)(C)OC(=O)N1CC=C(c2cc3c(Nc4ccc5oncc5c4)ncnc3[nH]2)CC1. The van der Waals surface area contributed by atoms with Crippen molar-refractivity contribution >= 4 is 45.2 Å². The van der Waals surface area contributed by atoms with Crippen LogP contribution >= 0.6 is 0 Å². The third-order valence-corrected chi connectivity index (χ3v) is 5.25. The van der Waals surface area contributed by atoms with Crippen LogP contribution in [0, 0.1) is 0 Å². The molecule has 9 heteroatoms. The number of hydrogen-bond donors (Lipinski definition) is 2. The summed E-state index contributed by atoms with van der Waals surface area (Å²) in [6, 6.07) is 7.80. The van der Waals surface area contributed by atoms with Crippen LogP contribution in [-0.4, -0.2) is 49.8 Å². The first-order valence-corrected chi connectivity index (χ1v) is 10.5. The van der Waals surface area contributed by atoms with Crippen LogP contribution in [0.25, 0.3) is 27.6 Å². The highest BCUT2D eigenvalue weighted by Gasteiger charge is 2.24. The standard InChI is InChI=1S/C23H24N6O3/c1-23(2,3)31-22(30)29-8-6-14(7-9-29)18-11-17-20(24-13-25-21(17)28-18)27-16-4-5-19-15(10-16)12-26-32-19/h4-6,10-13H,7-9H2,1-3H3,(H2,24,25,27,28). The summed E-state index contributed by atoms with van der Waals surface area (Å²) in [7, 11) is 0. The number of aromatic amines is 1. The van der Waals surface area contributed by atoms with Crippen molar-refractivity contribution in [2.75, 3.05) is 18.4 Å². The van der Waals surface area contributed by atoms with Crippen molar-refractivity contribution in [3.05, 3.63) is 48.6 Å². The number of nitrogens with zero attached hydrogens (tertiary/aromatic N) is 4. The topological polar surface area (TPSA) is 109 Å². The van der Waals surface area contributed by atoms with Gasteiger partial charge in [0.2, 0.25) is 0 Å². The van der Waals surface area contributed by atoms with Crippen molar-refractivity contribution in [1.29, 1.82) is 0 Å². The van der Waals surface area contributed by atoms with Crippen molar-refractivity contribution in [2.24, 2.45) is 0 Å². The second-order valence-corrected chi connectivity index (χ2v) is 8.78. The van der Waals surface area contributed by atoms with E-state index in [1.165, 1.54) is 6.33 Å². The highest BCUT2D eigenvalue weighted by atomic mass is 16.6. The number of fused-ring (bicyclic) bond motifs is 2. The van der Waals surface area contributed by atoms with Crippen LogP contribution in [0.2, 0.25) is 0 Å². The summed E-state index contributed by atoms with van der Waals surface area (Å²) in [4.78, 5) is 26.2. The maximum atomic E-state index is 12.3. The Hall–Kier alpha value is -3.88. The highest BCUT2D eigenvalue weighted by molar-refractivity contribution is 5.93. The molecule has 0 fully saturated rings. The van der Waals surface area contributed by atoms with Gasteiger partial charge in [0.15, 0.2) is 5.58 Å². The first-order chi connectivity index (χ1) is 15.4. The molecule has 1 aliphatic rings. The van der Waals surface area contributed by atoms with Crippen molar-refractivity contribution in [3.8, 4) is 0 Å². The lowest BCUT2D eigenvalue weighted by Gasteiger charge is -2.29. The number of carbonyl (C=O) groups excluding carboxylic acids is 1. The molecule has 1 aliphatic heterocycles. The van der Waals surface area contributed by atoms with Crippen molar-refractivity contribution in [1.82, 2.24) is 25.0 Å². The number of nitrogens with one attached hydrogen (secondary N) is 2. The maximum Gasteiger partial charge on any atom is 0.410 e. The van der Waals surface area contributed by atoms with Crippen LogP contribution in [0.15, 0.2) is 47.4 Å². The molecule has 0 aliphatic carbocycles. The van der Waals surface area contributed by atoms with Gasteiger partial charge in [0.05, 0.1) is 11.6 Å². The molecule has 0 saturated carbocycles. The lowest BCUT2D eigenvalue weighted by atomic mass is 10.1. The van der Waals surface area contributed by atoms with Gasteiger partial charge in [0.1, 0.15) is 23.4 Å². The van der Waals surface area contributed by atoms with Gasteiger partial charge in [-0.05, 0) is 57.0 Å². The largest absolute Gasteiger partial charge is 0.444 e. The Morgan fingerprint density at radius 2 is 2.12 bits per heavy atom. The monoisotopic (exact) mass is 432 g/mol. The van der Waals surface area contributed by atoms with E-state index in [1.54, 1.807) is 11.1 Å². The molecular formula is C23H24N6O3. The summed E-state index contributed by atoms with van der Waals surface area (Å²) < 4.78 is 10.6. The molecule has 5 rings (SSSR count). The van der Waals surface area contributed by atoms with Gasteiger partial charge in [0.25, 0.3) is 0 Å². The predicted molar refractivity (Wildman–Crippen MR) is 122 cm³/mol. The van der Waals surface area contributed by atoms with E-state index in [0.717, 1.165) is 45.4 Å². The lowest BCUT2D eigenvalue weighted by molar-refractivity contribution is 0.0270. The summed E-state index contributed by atoms with van der Waals surface area (Å²) in [6.07, 6.45) is 5.71. The summed E-state index contributed by atoms with van der Waals surface area (Å²) in [5.41, 5.74) is 3.98. The fraction of sp³-hybridized carbons (Fsp3) is 0.304. The van der Waals surface area contributed by atoms with Crippen LogP contribution in [-0.2, 0) is 4.74 Å². The number of rotatable bonds is 3. The third kappa shape index (κ3) is 4.01. The third-order valence-electron chi connectivity index (χ3n) is 5.25. The molecule has 0 atom stereocenters. The van der Waals surface area contributed by atoms with Gasteiger partial charge in [0, 0.05) is 29.9 Å². The van der Waals surface area contributed by atoms with Gasteiger partial charge in [-0.25, -0.2) is 14.8 Å². The molecule has 0 unspecified atom stereocenters. The van der Waals surface area contributed by atoms with Gasteiger partial charge in [-0.15, -0.1) is 0 Å². The first kappa shape index (κ1) is 20.0. The number of anilines is 2. The Labute approximate surface area is 184 Å². The minimum atomic E-state index is -0.501. The molecule has 1 aromatic carbocycles. The van der Waals surface area contributed by atoms with E-state index in [0.29, 0.717) is 18.9 Å². The number of carbonyl (C=O) groups is 1. The van der Waals surface area contributed by atoms with Crippen molar-refractivity contribution < 1.29 is 14.1 Å². The minimum Gasteiger partial charge on any atom is -0.444 e. The van der Waals surface area contributed by atoms with Gasteiger partial charge >= 0.3 is 6.09 Å². The molecular weight excluding hydrogens is 408 g/mol. The zero-order chi connectivity index (χ0) is 22.3. The van der Waals surface area contributed by atoms with E-state index >= 15 is 0 Å². The van der Waals surface area contributed by atoms with Gasteiger partial charge in [-0.2, -0.15) is 0 Å². The van der Waals surface area contributed by atoms with E-state index < -0.39 is 5.60 Å². The van der Waals surface area contributed by atoms with Crippen molar-refractivity contribution in [2.45, 2.75) is 32.8 Å². The van der Waals surface area contributed by atoms with Crippen LogP contribution in [0.1, 0.15) is 32.9 Å². The van der Waals surface area contributed by atoms with E-state index in [2.05, 4.69) is 31.5 Å². The summed E-state index contributed by atoms with van der Waals surface area (Å²) in [5, 5.41) is 8.98. The minimum absolute atomic E-state index is 0.286. The van der Waals surface area contributed by atoms with Gasteiger partial charge < -0.3 is 24.5 Å². The molecule has 1 amide bonds. The molecule has 3 aromatic heterocycles. The molecule has 32 heavy (non-hydrogen) atoms. The molecule has 0 radical (unpaired) electrons. The zero-order valence-corrected chi connectivity index (χ0v) is 18.2. The second-order valence-electron chi connectivity index (χ2n) is 8.78. The molecule has 2 N–H and O–H groups in total. The summed E-state index contributed by atoms with van der Waals surface area (Å²) >= 11 is 0. The summed E-state index contributed by atoms with van der Waals surface area (Å²) in [5.74, 6) is 0.708. The maximum absolute atomic E-state index is 12.3. The Morgan fingerprint density at radius 3 is 2.91 bits per heavy atom. The number of ether oxygens (including phenoxy) is 1. The molecule has 4 heterocycles. The Balaban J connectivity index is 1.37. The number of H-pyrrole nitrogens is 1. The number of hydrogen-bond acceptors (Lipinski definition) is 7. The van der Waals surface area contributed by atoms with E-state index in [4.69, 9.17) is 9.26 Å². The molecule has 0 bridgehead atoms. The fourth-order valence-corrected chi connectivity index (χ4v) is 3.71. The predicted octanol–water partition coefficient (Wildman–Crippen LogP) is 4.87. The fourth-order valence-electron chi connectivity index (χ4n) is 3.71. The lowest BCUT2D eigenvalue weighted by Crippen LogP contribution is -2.39. The summed E-state index contributed by atoms with van der Waals surface area (Å²) in [6.45, 7) is 6.73. The number of benzene rings is 1. The van der Waals surface area contributed by atoms with Crippen LogP contribution in [0.3, 0.4) is 0 Å². The highest BCUT2D eigenvalue weighted by Crippen LogP contribution is 2.30. The quantitative estimate of drug-likeness (QED) is 0.475. The average Bonchev–Trinajstić information content (AvgIpc) is 3.40. The molecule has 164 valence electrons. The van der Waals surface area contributed by atoms with Crippen molar-refractivity contribution in [3.63, 3.8) is 0 Å². The normalized spacial score (nSPS) is 14.6. The molecule has 4 aromatic rings. The second kappa shape index (κ2) is 7.67. The number of aromatic nitrogens is 4. The average molecular weight is 432 g/mol. The van der Waals surface area contributed by atoms with Gasteiger partial charge in [-0.3, -0.25) is 0 Å². The zero-order valence-electron chi connectivity index (χ0n) is 18.2. The van der Waals surface area contributed by atoms with Crippen LogP contribution in [0.5, 0.6) is 0 Å². The first-order valence-electron chi connectivity index (χ1n) is 10.5. The van der Waals surface area contributed by atoms with E-state index in [9.17, 15) is 4.79 Å². The Kier molecular flexibility index (Phi) is 4.80. The van der Waals surface area contributed by atoms with E-state index in [-0.39, 0.29) is 6.09 Å². The Bertz CT molecular complexity index is 1330. The van der Waals surface area contributed by atoms with E-state index in [1.807, 2.05) is 45.0 Å². The smallest absolute Gasteiger partial charge is 0.410 e. The van der Waals surface area contributed by atoms with Crippen LogP contribution < -0.4 is 5.32 Å². The van der Waals surface area contributed by atoms with Crippen LogP contribution in [0.4, 0.5) is 16.3 Å². The van der Waals surface area contributed by atoms with Gasteiger partial charge in [-0.1, -0.05) is 11.2 Å². The number of amides is 1. The molecule has 9 nitrogen and oxygen atoms in total. The Morgan fingerprint density at radius 1 is 1.25 bits per heavy atom.